The lowest BCUT2D eigenvalue weighted by Gasteiger charge is -2.16. The first kappa shape index (κ1) is 16.1. The maximum absolute atomic E-state index is 12.1. The van der Waals surface area contributed by atoms with Gasteiger partial charge in [-0.05, 0) is 25.0 Å². The summed E-state index contributed by atoms with van der Waals surface area (Å²) in [6, 6.07) is 7.23. The van der Waals surface area contributed by atoms with Crippen LogP contribution in [0.4, 0.5) is 10.5 Å². The van der Waals surface area contributed by atoms with Gasteiger partial charge in [0.05, 0.1) is 24.5 Å². The first-order valence-corrected chi connectivity index (χ1v) is 7.95. The molecule has 2 heterocycles. The molecule has 24 heavy (non-hydrogen) atoms. The minimum atomic E-state index is -0.370. The quantitative estimate of drug-likeness (QED) is 0.558. The summed E-state index contributed by atoms with van der Waals surface area (Å²) in [7, 11) is 0. The van der Waals surface area contributed by atoms with E-state index in [-0.39, 0.29) is 18.7 Å². The van der Waals surface area contributed by atoms with E-state index < -0.39 is 0 Å². The van der Waals surface area contributed by atoms with E-state index in [2.05, 4.69) is 20.7 Å². The van der Waals surface area contributed by atoms with Crippen molar-refractivity contribution in [3.05, 3.63) is 48.4 Å². The van der Waals surface area contributed by atoms with Crippen LogP contribution >= 0.6 is 0 Å². The van der Waals surface area contributed by atoms with E-state index in [1.54, 1.807) is 17.1 Å². The highest BCUT2D eigenvalue weighted by molar-refractivity contribution is 5.89. The summed E-state index contributed by atoms with van der Waals surface area (Å²) in [5, 5.41) is 20.3. The minimum absolute atomic E-state index is 0.138. The Morgan fingerprint density at radius 2 is 2.25 bits per heavy atom. The van der Waals surface area contributed by atoms with E-state index in [9.17, 15) is 9.90 Å². The number of aliphatic hydroxyl groups excluding tert-OH is 1. The summed E-state index contributed by atoms with van der Waals surface area (Å²) >= 11 is 0. The van der Waals surface area contributed by atoms with Crippen LogP contribution in [-0.2, 0) is 13.0 Å². The third kappa shape index (κ3) is 3.57. The fraction of sp³-hybridized carbons (Fsp3) is 0.294. The molecule has 126 valence electrons. The molecular weight excluding hydrogens is 306 g/mol. The van der Waals surface area contributed by atoms with Crippen molar-refractivity contribution in [3.8, 4) is 0 Å². The molecule has 0 saturated carbocycles. The second-order valence-electron chi connectivity index (χ2n) is 5.63. The van der Waals surface area contributed by atoms with Gasteiger partial charge in [0.2, 0.25) is 0 Å². The maximum Gasteiger partial charge on any atom is 0.319 e. The number of nitrogens with one attached hydrogen (secondary N) is 3. The van der Waals surface area contributed by atoms with Crippen molar-refractivity contribution in [1.82, 2.24) is 20.1 Å². The van der Waals surface area contributed by atoms with Crippen LogP contribution in [0, 0.1) is 0 Å². The molecule has 0 fully saturated rings. The Morgan fingerprint density at radius 1 is 1.42 bits per heavy atom. The number of carbonyl (C=O) groups excluding carboxylic acids is 1. The Kier molecular flexibility index (Phi) is 4.81. The van der Waals surface area contributed by atoms with Crippen molar-refractivity contribution in [2.75, 3.05) is 11.9 Å². The van der Waals surface area contributed by atoms with Crippen molar-refractivity contribution >= 4 is 22.6 Å². The normalized spacial score (nSPS) is 12.2. The predicted octanol–water partition coefficient (Wildman–Crippen LogP) is 2.11. The lowest BCUT2D eigenvalue weighted by Crippen LogP contribution is -2.41. The Bertz CT molecular complexity index is 823. The number of anilines is 1. The average Bonchev–Trinajstić information content (AvgIpc) is 3.21. The number of amides is 2. The number of nitrogens with zero attached hydrogens (tertiary/aromatic N) is 2. The summed E-state index contributed by atoms with van der Waals surface area (Å²) in [6.07, 6.45) is 5.81. The van der Waals surface area contributed by atoms with Crippen LogP contribution in [0.2, 0.25) is 0 Å². The number of aryl methyl sites for hydroxylation is 1. The first-order valence-electron chi connectivity index (χ1n) is 7.95. The lowest BCUT2D eigenvalue weighted by atomic mass is 10.1. The molecule has 3 rings (SSSR count). The zero-order valence-corrected chi connectivity index (χ0v) is 13.5. The zero-order chi connectivity index (χ0) is 16.9. The number of aliphatic hydroxyl groups is 1. The fourth-order valence-corrected chi connectivity index (χ4v) is 2.68. The highest BCUT2D eigenvalue weighted by Crippen LogP contribution is 2.19. The van der Waals surface area contributed by atoms with E-state index in [0.29, 0.717) is 12.1 Å². The number of para-hydroxylation sites is 1. The van der Waals surface area contributed by atoms with E-state index in [0.717, 1.165) is 23.0 Å². The van der Waals surface area contributed by atoms with Gasteiger partial charge in [0.15, 0.2) is 0 Å². The lowest BCUT2D eigenvalue weighted by molar-refractivity contribution is 0.224. The number of fused-ring (bicyclic) bond motifs is 1. The van der Waals surface area contributed by atoms with Gasteiger partial charge in [-0.1, -0.05) is 18.2 Å². The number of H-pyrrole nitrogens is 1. The highest BCUT2D eigenvalue weighted by Gasteiger charge is 2.15. The molecule has 1 aromatic carbocycles. The Balaban J connectivity index is 1.62. The van der Waals surface area contributed by atoms with Crippen LogP contribution in [0.5, 0.6) is 0 Å². The average molecular weight is 327 g/mol. The van der Waals surface area contributed by atoms with Gasteiger partial charge in [-0.2, -0.15) is 5.10 Å². The molecule has 0 aliphatic rings. The van der Waals surface area contributed by atoms with Crippen molar-refractivity contribution in [3.63, 3.8) is 0 Å². The third-order valence-electron chi connectivity index (χ3n) is 3.91. The molecule has 0 spiro atoms. The highest BCUT2D eigenvalue weighted by atomic mass is 16.3. The van der Waals surface area contributed by atoms with Crippen LogP contribution in [0.1, 0.15) is 12.5 Å². The number of aromatic amines is 1. The molecular formula is C17H21N5O2. The van der Waals surface area contributed by atoms with Crippen molar-refractivity contribution < 1.29 is 9.90 Å². The van der Waals surface area contributed by atoms with Crippen LogP contribution < -0.4 is 10.6 Å². The molecule has 7 nitrogen and oxygen atoms in total. The van der Waals surface area contributed by atoms with E-state index in [1.165, 1.54) is 0 Å². The van der Waals surface area contributed by atoms with Crippen LogP contribution in [0.3, 0.4) is 0 Å². The zero-order valence-electron chi connectivity index (χ0n) is 13.5. The van der Waals surface area contributed by atoms with Crippen LogP contribution in [0.25, 0.3) is 10.9 Å². The summed E-state index contributed by atoms with van der Waals surface area (Å²) in [5.41, 5.74) is 2.72. The number of aromatic nitrogens is 3. The molecule has 7 heteroatoms. The summed E-state index contributed by atoms with van der Waals surface area (Å²) in [5.74, 6) is 0. The molecule has 2 aromatic heterocycles. The SMILES string of the molecule is CCn1cc(NC(=O)N[C@H](CO)Cc2c[nH]c3ccccc23)cn1. The van der Waals surface area contributed by atoms with Crippen molar-refractivity contribution in [2.45, 2.75) is 25.9 Å². The van der Waals surface area contributed by atoms with Crippen LogP contribution in [0.15, 0.2) is 42.9 Å². The Morgan fingerprint density at radius 3 is 3.00 bits per heavy atom. The molecule has 0 aliphatic carbocycles. The minimum Gasteiger partial charge on any atom is -0.394 e. The number of urea groups is 1. The van der Waals surface area contributed by atoms with Gasteiger partial charge in [-0.25, -0.2) is 4.79 Å². The molecule has 0 radical (unpaired) electrons. The molecule has 0 bridgehead atoms. The number of rotatable bonds is 6. The molecule has 2 amide bonds. The van der Waals surface area contributed by atoms with Gasteiger partial charge < -0.3 is 20.7 Å². The van der Waals surface area contributed by atoms with Crippen LogP contribution in [-0.4, -0.2) is 38.6 Å². The first-order chi connectivity index (χ1) is 11.7. The van der Waals surface area contributed by atoms with Gasteiger partial charge >= 0.3 is 6.03 Å². The van der Waals surface area contributed by atoms with Gasteiger partial charge in [0, 0.05) is 29.8 Å². The molecule has 4 N–H and O–H groups in total. The number of hydrogen-bond donors (Lipinski definition) is 4. The van der Waals surface area contributed by atoms with Gasteiger partial charge in [0.25, 0.3) is 0 Å². The van der Waals surface area contributed by atoms with Gasteiger partial charge in [-0.3, -0.25) is 4.68 Å². The molecule has 3 aromatic rings. The third-order valence-corrected chi connectivity index (χ3v) is 3.91. The largest absolute Gasteiger partial charge is 0.394 e. The number of carbonyl (C=O) groups is 1. The molecule has 1 atom stereocenters. The topological polar surface area (TPSA) is 95.0 Å². The molecule has 0 unspecified atom stereocenters. The maximum atomic E-state index is 12.1. The van der Waals surface area contributed by atoms with Crippen molar-refractivity contribution in [2.24, 2.45) is 0 Å². The second-order valence-corrected chi connectivity index (χ2v) is 5.63. The monoisotopic (exact) mass is 327 g/mol. The summed E-state index contributed by atoms with van der Waals surface area (Å²) in [6.45, 7) is 2.57. The number of hydrogen-bond acceptors (Lipinski definition) is 3. The molecule has 0 saturated heterocycles. The summed E-state index contributed by atoms with van der Waals surface area (Å²) in [4.78, 5) is 15.3. The van der Waals surface area contributed by atoms with Crippen molar-refractivity contribution in [1.29, 1.82) is 0 Å². The van der Waals surface area contributed by atoms with Gasteiger partial charge in [0.1, 0.15) is 0 Å². The Hall–Kier alpha value is -2.80. The fourth-order valence-electron chi connectivity index (χ4n) is 2.68. The van der Waals surface area contributed by atoms with E-state index in [4.69, 9.17) is 0 Å². The van der Waals surface area contributed by atoms with E-state index in [1.807, 2.05) is 37.4 Å². The summed E-state index contributed by atoms with van der Waals surface area (Å²) < 4.78 is 1.73. The smallest absolute Gasteiger partial charge is 0.319 e. The predicted molar refractivity (Wildman–Crippen MR) is 92.9 cm³/mol. The standard InChI is InChI=1S/C17H21N5O2/c1-2-22-10-14(9-19-22)21-17(24)20-13(11-23)7-12-8-18-16-6-4-3-5-15(12)16/h3-6,8-10,13,18,23H,2,7,11H2,1H3,(H2,20,21,24)/t13-/m0/s1. The Labute approximate surface area is 139 Å². The van der Waals surface area contributed by atoms with Gasteiger partial charge in [-0.15, -0.1) is 0 Å². The second kappa shape index (κ2) is 7.18. The number of benzene rings is 1. The van der Waals surface area contributed by atoms with E-state index >= 15 is 0 Å². The molecule has 0 aliphatic heterocycles.